The Morgan fingerprint density at radius 3 is 2.65 bits per heavy atom. The van der Waals surface area contributed by atoms with Crippen LogP contribution in [0.15, 0.2) is 53.9 Å². The molecule has 0 atom stereocenters. The minimum atomic E-state index is -0.290. The molecule has 7 heteroatoms. The second-order valence-corrected chi connectivity index (χ2v) is 6.89. The van der Waals surface area contributed by atoms with Crippen LogP contribution in [-0.2, 0) is 11.3 Å². The Kier molecular flexibility index (Phi) is 5.68. The Morgan fingerprint density at radius 1 is 1.15 bits per heavy atom. The molecule has 1 heterocycles. The first kappa shape index (κ1) is 18.1. The summed E-state index contributed by atoms with van der Waals surface area (Å²) < 4.78 is 14.7. The van der Waals surface area contributed by atoms with Crippen molar-refractivity contribution in [2.45, 2.75) is 25.5 Å². The number of benzene rings is 2. The van der Waals surface area contributed by atoms with Crippen molar-refractivity contribution in [1.82, 2.24) is 20.1 Å². The lowest BCUT2D eigenvalue weighted by Crippen LogP contribution is -2.24. The molecule has 3 rings (SSSR count). The fourth-order valence-electron chi connectivity index (χ4n) is 2.36. The molecule has 0 saturated heterocycles. The lowest BCUT2D eigenvalue weighted by Gasteiger charge is -2.09. The summed E-state index contributed by atoms with van der Waals surface area (Å²) in [6.45, 7) is 4.48. The highest BCUT2D eigenvalue weighted by molar-refractivity contribution is 7.99. The molecule has 0 aliphatic carbocycles. The number of aryl methyl sites for hydroxylation is 2. The molecule has 1 N–H and O–H groups in total. The van der Waals surface area contributed by atoms with Crippen molar-refractivity contribution in [3.63, 3.8) is 0 Å². The maximum Gasteiger partial charge on any atom is 0.230 e. The lowest BCUT2D eigenvalue weighted by atomic mass is 10.1. The van der Waals surface area contributed by atoms with Gasteiger partial charge in [0.15, 0.2) is 5.16 Å². The van der Waals surface area contributed by atoms with E-state index in [1.165, 1.54) is 35.0 Å². The van der Waals surface area contributed by atoms with Crippen molar-refractivity contribution >= 4 is 17.7 Å². The number of amides is 1. The second-order valence-electron chi connectivity index (χ2n) is 5.94. The molecule has 3 aromatic rings. The summed E-state index contributed by atoms with van der Waals surface area (Å²) in [6, 6.07) is 12.2. The monoisotopic (exact) mass is 370 g/mol. The van der Waals surface area contributed by atoms with Crippen molar-refractivity contribution in [3.8, 4) is 5.69 Å². The summed E-state index contributed by atoms with van der Waals surface area (Å²) in [5, 5.41) is 11.5. The average molecular weight is 370 g/mol. The van der Waals surface area contributed by atoms with Gasteiger partial charge in [0.25, 0.3) is 0 Å². The number of carbonyl (C=O) groups is 1. The van der Waals surface area contributed by atoms with E-state index in [1.807, 2.05) is 10.6 Å². The molecule has 0 bridgehead atoms. The Hall–Kier alpha value is -2.67. The molecule has 26 heavy (non-hydrogen) atoms. The van der Waals surface area contributed by atoms with Gasteiger partial charge in [-0.1, -0.05) is 30.0 Å². The zero-order valence-corrected chi connectivity index (χ0v) is 15.4. The van der Waals surface area contributed by atoms with E-state index < -0.39 is 0 Å². The first-order valence-electron chi connectivity index (χ1n) is 8.14. The fraction of sp³-hybridized carbons (Fsp3) is 0.211. The van der Waals surface area contributed by atoms with Crippen molar-refractivity contribution in [2.75, 3.05) is 5.75 Å². The number of thioether (sulfide) groups is 1. The number of carbonyl (C=O) groups excluding carboxylic acids is 1. The van der Waals surface area contributed by atoms with Crippen LogP contribution >= 0.6 is 11.8 Å². The van der Waals surface area contributed by atoms with Crippen LogP contribution in [0.4, 0.5) is 4.39 Å². The Morgan fingerprint density at radius 2 is 1.92 bits per heavy atom. The predicted octanol–water partition coefficient (Wildman–Crippen LogP) is 3.43. The predicted molar refractivity (Wildman–Crippen MR) is 99.8 cm³/mol. The van der Waals surface area contributed by atoms with Crippen LogP contribution in [0.5, 0.6) is 0 Å². The smallest absolute Gasteiger partial charge is 0.230 e. The number of hydrogen-bond acceptors (Lipinski definition) is 4. The van der Waals surface area contributed by atoms with Crippen LogP contribution in [-0.4, -0.2) is 26.4 Å². The Balaban J connectivity index is 1.58. The third kappa shape index (κ3) is 4.49. The number of hydrogen-bond donors (Lipinski definition) is 1. The number of nitrogens with zero attached hydrogens (tertiary/aromatic N) is 3. The SMILES string of the molecule is Cc1ccc(-n2cnnc2SCC(=O)NCc2ccc(F)cc2)cc1C. The zero-order valence-electron chi connectivity index (χ0n) is 14.6. The van der Waals surface area contributed by atoms with E-state index in [2.05, 4.69) is 41.5 Å². The van der Waals surface area contributed by atoms with Crippen molar-refractivity contribution in [3.05, 3.63) is 71.3 Å². The average Bonchev–Trinajstić information content (AvgIpc) is 3.10. The molecule has 0 aliphatic heterocycles. The zero-order chi connectivity index (χ0) is 18.5. The summed E-state index contributed by atoms with van der Waals surface area (Å²) in [6.07, 6.45) is 1.64. The third-order valence-electron chi connectivity index (χ3n) is 4.02. The van der Waals surface area contributed by atoms with Crippen LogP contribution in [0.25, 0.3) is 5.69 Å². The topological polar surface area (TPSA) is 59.8 Å². The summed E-state index contributed by atoms with van der Waals surface area (Å²) >= 11 is 1.32. The van der Waals surface area contributed by atoms with E-state index >= 15 is 0 Å². The van der Waals surface area contributed by atoms with Crippen LogP contribution in [0.2, 0.25) is 0 Å². The van der Waals surface area contributed by atoms with E-state index in [1.54, 1.807) is 18.5 Å². The highest BCUT2D eigenvalue weighted by Gasteiger charge is 2.10. The number of aromatic nitrogens is 3. The maximum atomic E-state index is 12.9. The molecule has 0 spiro atoms. The third-order valence-corrected chi connectivity index (χ3v) is 4.96. The van der Waals surface area contributed by atoms with Gasteiger partial charge in [-0.3, -0.25) is 9.36 Å². The lowest BCUT2D eigenvalue weighted by molar-refractivity contribution is -0.118. The molecular weight excluding hydrogens is 351 g/mol. The first-order chi connectivity index (χ1) is 12.5. The molecule has 1 amide bonds. The van der Waals surface area contributed by atoms with E-state index in [-0.39, 0.29) is 17.5 Å². The number of rotatable bonds is 6. The minimum Gasteiger partial charge on any atom is -0.351 e. The maximum absolute atomic E-state index is 12.9. The van der Waals surface area contributed by atoms with Gasteiger partial charge >= 0.3 is 0 Å². The van der Waals surface area contributed by atoms with Crippen LogP contribution in [0, 0.1) is 19.7 Å². The number of halogens is 1. The summed E-state index contributed by atoms with van der Waals surface area (Å²) in [4.78, 5) is 12.1. The number of nitrogens with one attached hydrogen (secondary N) is 1. The molecule has 1 aromatic heterocycles. The van der Waals surface area contributed by atoms with Crippen LogP contribution in [0.1, 0.15) is 16.7 Å². The van der Waals surface area contributed by atoms with Gasteiger partial charge in [-0.15, -0.1) is 10.2 Å². The molecule has 0 saturated carbocycles. The van der Waals surface area contributed by atoms with Gasteiger partial charge in [-0.2, -0.15) is 0 Å². The van der Waals surface area contributed by atoms with Gasteiger partial charge in [0.1, 0.15) is 12.1 Å². The van der Waals surface area contributed by atoms with Crippen molar-refractivity contribution in [2.24, 2.45) is 0 Å². The standard InChI is InChI=1S/C19H19FN4OS/c1-13-3-8-17(9-14(13)2)24-12-22-23-19(24)26-11-18(25)21-10-15-4-6-16(20)7-5-15/h3-9,12H,10-11H2,1-2H3,(H,21,25). The summed E-state index contributed by atoms with van der Waals surface area (Å²) in [5.41, 5.74) is 4.22. The summed E-state index contributed by atoms with van der Waals surface area (Å²) in [5.74, 6) is -0.180. The fourth-order valence-corrected chi connectivity index (χ4v) is 3.12. The van der Waals surface area contributed by atoms with E-state index in [9.17, 15) is 9.18 Å². The van der Waals surface area contributed by atoms with Crippen LogP contribution < -0.4 is 5.32 Å². The molecule has 0 fully saturated rings. The van der Waals surface area contributed by atoms with Gasteiger partial charge in [0.2, 0.25) is 5.91 Å². The van der Waals surface area contributed by atoms with Gasteiger partial charge in [0, 0.05) is 12.2 Å². The van der Waals surface area contributed by atoms with Crippen molar-refractivity contribution < 1.29 is 9.18 Å². The molecule has 134 valence electrons. The molecule has 0 radical (unpaired) electrons. The van der Waals surface area contributed by atoms with E-state index in [0.717, 1.165) is 11.3 Å². The molecular formula is C19H19FN4OS. The quantitative estimate of drug-likeness (QED) is 0.676. The van der Waals surface area contributed by atoms with Gasteiger partial charge < -0.3 is 5.32 Å². The van der Waals surface area contributed by atoms with Crippen molar-refractivity contribution in [1.29, 1.82) is 0 Å². The van der Waals surface area contributed by atoms with E-state index in [0.29, 0.717) is 11.7 Å². The van der Waals surface area contributed by atoms with Gasteiger partial charge in [0.05, 0.1) is 5.75 Å². The molecule has 5 nitrogen and oxygen atoms in total. The van der Waals surface area contributed by atoms with E-state index in [4.69, 9.17) is 0 Å². The minimum absolute atomic E-state index is 0.117. The Bertz CT molecular complexity index is 908. The van der Waals surface area contributed by atoms with Crippen LogP contribution in [0.3, 0.4) is 0 Å². The second kappa shape index (κ2) is 8.14. The normalized spacial score (nSPS) is 10.7. The highest BCUT2D eigenvalue weighted by atomic mass is 32.2. The van der Waals surface area contributed by atoms with Gasteiger partial charge in [-0.05, 0) is 54.8 Å². The largest absolute Gasteiger partial charge is 0.351 e. The highest BCUT2D eigenvalue weighted by Crippen LogP contribution is 2.21. The first-order valence-corrected chi connectivity index (χ1v) is 9.13. The molecule has 0 aliphatic rings. The summed E-state index contributed by atoms with van der Waals surface area (Å²) in [7, 11) is 0. The molecule has 2 aromatic carbocycles. The van der Waals surface area contributed by atoms with Gasteiger partial charge in [-0.25, -0.2) is 4.39 Å². The molecule has 0 unspecified atom stereocenters. The Labute approximate surface area is 155 Å².